The molecule has 0 amide bonds. The lowest BCUT2D eigenvalue weighted by molar-refractivity contribution is 0.590. The molecule has 1 aromatic heterocycles. The minimum Gasteiger partial charge on any atom is -0.303 e. The van der Waals surface area contributed by atoms with Gasteiger partial charge in [0.15, 0.2) is 9.84 Å². The number of hydrogen-bond donors (Lipinski definition) is 1. The van der Waals surface area contributed by atoms with Crippen molar-refractivity contribution in [2.75, 3.05) is 5.75 Å². The van der Waals surface area contributed by atoms with Gasteiger partial charge in [0.25, 0.3) is 0 Å². The first-order valence-corrected chi connectivity index (χ1v) is 8.30. The highest BCUT2D eigenvalue weighted by molar-refractivity contribution is 7.94. The van der Waals surface area contributed by atoms with E-state index in [9.17, 15) is 8.42 Å². The second kappa shape index (κ2) is 4.19. The molecule has 0 aromatic carbocycles. The standard InChI is InChI=1S/C11H14N2O2S2/c14-17(15)4-3-9(7-17)12-5-11-13-10(6-16-11)8-1-2-8/h3-4,6,8-9,12H,1-2,5,7H2. The van der Waals surface area contributed by atoms with Crippen LogP contribution >= 0.6 is 11.3 Å². The highest BCUT2D eigenvalue weighted by atomic mass is 32.2. The van der Waals surface area contributed by atoms with E-state index in [4.69, 9.17) is 0 Å². The first-order valence-electron chi connectivity index (χ1n) is 5.71. The summed E-state index contributed by atoms with van der Waals surface area (Å²) in [6, 6.07) is -0.0618. The smallest absolute Gasteiger partial charge is 0.173 e. The van der Waals surface area contributed by atoms with Crippen molar-refractivity contribution in [3.05, 3.63) is 27.6 Å². The van der Waals surface area contributed by atoms with E-state index in [0.717, 1.165) is 5.01 Å². The molecular formula is C11H14N2O2S2. The summed E-state index contributed by atoms with van der Waals surface area (Å²) in [5.41, 5.74) is 1.21. The predicted octanol–water partition coefficient (Wildman–Crippen LogP) is 1.42. The van der Waals surface area contributed by atoms with E-state index in [0.29, 0.717) is 12.5 Å². The molecule has 3 rings (SSSR count). The molecule has 1 N–H and O–H groups in total. The van der Waals surface area contributed by atoms with Crippen molar-refractivity contribution in [2.45, 2.75) is 31.3 Å². The molecule has 4 nitrogen and oxygen atoms in total. The first kappa shape index (κ1) is 11.4. The Morgan fingerprint density at radius 3 is 2.94 bits per heavy atom. The average molecular weight is 270 g/mol. The van der Waals surface area contributed by atoms with Gasteiger partial charge in [-0.25, -0.2) is 13.4 Å². The van der Waals surface area contributed by atoms with Crippen molar-refractivity contribution in [2.24, 2.45) is 0 Å². The first-order chi connectivity index (χ1) is 8.12. The fourth-order valence-corrected chi connectivity index (χ4v) is 3.99. The fraction of sp³-hybridized carbons (Fsp3) is 0.545. The van der Waals surface area contributed by atoms with E-state index in [2.05, 4.69) is 15.7 Å². The molecule has 0 saturated heterocycles. The van der Waals surface area contributed by atoms with Crippen molar-refractivity contribution >= 4 is 21.2 Å². The summed E-state index contributed by atoms with van der Waals surface area (Å²) in [4.78, 5) is 4.55. The summed E-state index contributed by atoms with van der Waals surface area (Å²) in [5, 5.41) is 7.67. The molecule has 2 heterocycles. The van der Waals surface area contributed by atoms with Crippen molar-refractivity contribution in [3.63, 3.8) is 0 Å². The molecule has 0 radical (unpaired) electrons. The molecule has 92 valence electrons. The summed E-state index contributed by atoms with van der Waals surface area (Å²) in [6.45, 7) is 0.655. The SMILES string of the molecule is O=S1(=O)C=CC(NCc2nc(C3CC3)cs2)C1. The summed E-state index contributed by atoms with van der Waals surface area (Å²) in [6.07, 6.45) is 4.24. The monoisotopic (exact) mass is 270 g/mol. The molecule has 1 atom stereocenters. The molecule has 1 unspecified atom stereocenters. The number of thiazole rings is 1. The van der Waals surface area contributed by atoms with Crippen LogP contribution in [0.3, 0.4) is 0 Å². The number of nitrogens with one attached hydrogen (secondary N) is 1. The lowest BCUT2D eigenvalue weighted by atomic mass is 10.3. The van der Waals surface area contributed by atoms with Gasteiger partial charge in [-0.1, -0.05) is 6.08 Å². The van der Waals surface area contributed by atoms with Crippen LogP contribution in [0.15, 0.2) is 16.9 Å². The van der Waals surface area contributed by atoms with Crippen molar-refractivity contribution in [1.82, 2.24) is 10.3 Å². The van der Waals surface area contributed by atoms with Crippen LogP contribution in [0.5, 0.6) is 0 Å². The Labute approximate surface area is 105 Å². The Kier molecular flexibility index (Phi) is 2.80. The Morgan fingerprint density at radius 1 is 1.47 bits per heavy atom. The van der Waals surface area contributed by atoms with Crippen LogP contribution in [0.25, 0.3) is 0 Å². The molecule has 17 heavy (non-hydrogen) atoms. The van der Waals surface area contributed by atoms with Gasteiger partial charge in [0, 0.05) is 29.3 Å². The maximum atomic E-state index is 11.2. The fourth-order valence-electron chi connectivity index (χ4n) is 1.89. The number of hydrogen-bond acceptors (Lipinski definition) is 5. The van der Waals surface area contributed by atoms with E-state index >= 15 is 0 Å². The van der Waals surface area contributed by atoms with Gasteiger partial charge in [-0.2, -0.15) is 0 Å². The highest BCUT2D eigenvalue weighted by Crippen LogP contribution is 2.40. The van der Waals surface area contributed by atoms with E-state index in [1.807, 2.05) is 0 Å². The van der Waals surface area contributed by atoms with E-state index in [1.54, 1.807) is 17.4 Å². The molecule has 1 aliphatic carbocycles. The molecule has 6 heteroatoms. The second-order valence-electron chi connectivity index (χ2n) is 4.59. The second-order valence-corrected chi connectivity index (χ2v) is 7.46. The van der Waals surface area contributed by atoms with Gasteiger partial charge in [-0.15, -0.1) is 11.3 Å². The Balaban J connectivity index is 1.55. The van der Waals surface area contributed by atoms with Crippen LogP contribution in [-0.4, -0.2) is 25.2 Å². The Bertz CT molecular complexity index is 544. The lowest BCUT2D eigenvalue weighted by Gasteiger charge is -2.07. The largest absolute Gasteiger partial charge is 0.303 e. The molecule has 2 aliphatic rings. The average Bonchev–Trinajstić information content (AvgIpc) is 2.92. The van der Waals surface area contributed by atoms with E-state index in [1.165, 1.54) is 23.9 Å². The van der Waals surface area contributed by atoms with Gasteiger partial charge in [0.1, 0.15) is 5.01 Å². The van der Waals surface area contributed by atoms with E-state index < -0.39 is 9.84 Å². The molecule has 1 saturated carbocycles. The third-order valence-electron chi connectivity index (χ3n) is 3.01. The van der Waals surface area contributed by atoms with Crippen molar-refractivity contribution in [1.29, 1.82) is 0 Å². The van der Waals surface area contributed by atoms with Crippen LogP contribution in [0.2, 0.25) is 0 Å². The normalized spacial score (nSPS) is 26.5. The third-order valence-corrected chi connectivity index (χ3v) is 5.27. The van der Waals surface area contributed by atoms with Gasteiger partial charge in [0.2, 0.25) is 0 Å². The van der Waals surface area contributed by atoms with Gasteiger partial charge in [-0.3, -0.25) is 0 Å². The Morgan fingerprint density at radius 2 is 2.29 bits per heavy atom. The minimum atomic E-state index is -2.96. The van der Waals surface area contributed by atoms with Gasteiger partial charge < -0.3 is 5.32 Å². The summed E-state index contributed by atoms with van der Waals surface area (Å²) in [7, 11) is -2.96. The minimum absolute atomic E-state index is 0.0618. The molecule has 0 spiro atoms. The molecule has 1 fully saturated rings. The van der Waals surface area contributed by atoms with Crippen LogP contribution in [0.4, 0.5) is 0 Å². The predicted molar refractivity (Wildman–Crippen MR) is 67.6 cm³/mol. The van der Waals surface area contributed by atoms with Crippen LogP contribution in [0.1, 0.15) is 29.5 Å². The van der Waals surface area contributed by atoms with Crippen molar-refractivity contribution < 1.29 is 8.42 Å². The number of sulfone groups is 1. The summed E-state index contributed by atoms with van der Waals surface area (Å²) < 4.78 is 22.4. The van der Waals surface area contributed by atoms with Crippen LogP contribution < -0.4 is 5.32 Å². The van der Waals surface area contributed by atoms with Gasteiger partial charge >= 0.3 is 0 Å². The Hall–Kier alpha value is -0.720. The number of nitrogens with zero attached hydrogens (tertiary/aromatic N) is 1. The zero-order valence-electron chi connectivity index (χ0n) is 9.30. The highest BCUT2D eigenvalue weighted by Gasteiger charge is 2.26. The summed E-state index contributed by atoms with van der Waals surface area (Å²) >= 11 is 1.65. The molecule has 0 bridgehead atoms. The third kappa shape index (κ3) is 2.75. The maximum Gasteiger partial charge on any atom is 0.173 e. The molecular weight excluding hydrogens is 256 g/mol. The van der Waals surface area contributed by atoms with Gasteiger partial charge in [-0.05, 0) is 12.8 Å². The van der Waals surface area contributed by atoms with Crippen LogP contribution in [0, 0.1) is 0 Å². The number of aromatic nitrogens is 1. The zero-order valence-corrected chi connectivity index (χ0v) is 10.9. The molecule has 1 aliphatic heterocycles. The number of rotatable bonds is 4. The van der Waals surface area contributed by atoms with Gasteiger partial charge in [0.05, 0.1) is 11.4 Å². The zero-order chi connectivity index (χ0) is 11.9. The topological polar surface area (TPSA) is 59.1 Å². The maximum absolute atomic E-state index is 11.2. The summed E-state index contributed by atoms with van der Waals surface area (Å²) in [5.74, 6) is 0.861. The van der Waals surface area contributed by atoms with Crippen LogP contribution in [-0.2, 0) is 16.4 Å². The quantitative estimate of drug-likeness (QED) is 0.899. The van der Waals surface area contributed by atoms with Crippen molar-refractivity contribution in [3.8, 4) is 0 Å². The lowest BCUT2D eigenvalue weighted by Crippen LogP contribution is -2.29. The molecule has 1 aromatic rings. The van der Waals surface area contributed by atoms with E-state index in [-0.39, 0.29) is 11.8 Å².